The van der Waals surface area contributed by atoms with Crippen molar-refractivity contribution in [1.29, 1.82) is 0 Å². The van der Waals surface area contributed by atoms with Crippen LogP contribution in [0.5, 0.6) is 0 Å². The van der Waals surface area contributed by atoms with E-state index < -0.39 is 44.0 Å². The van der Waals surface area contributed by atoms with Gasteiger partial charge in [0.25, 0.3) is 0 Å². The van der Waals surface area contributed by atoms with Crippen LogP contribution < -0.4 is 5.32 Å². The molecule has 1 amide bonds. The molecule has 1 saturated heterocycles. The molecule has 0 radical (unpaired) electrons. The number of nitrogens with one attached hydrogen (secondary N) is 1. The van der Waals surface area contributed by atoms with Crippen molar-refractivity contribution < 1.29 is 42.0 Å². The van der Waals surface area contributed by atoms with Crippen LogP contribution in [-0.4, -0.2) is 51.0 Å². The van der Waals surface area contributed by atoms with E-state index in [-0.39, 0.29) is 26.0 Å². The maximum absolute atomic E-state index is 12.5. The Morgan fingerprint density at radius 3 is 2.54 bits per heavy atom. The Labute approximate surface area is 152 Å². The van der Waals surface area contributed by atoms with E-state index >= 15 is 0 Å². The van der Waals surface area contributed by atoms with Gasteiger partial charge in [-0.15, -0.1) is 0 Å². The summed E-state index contributed by atoms with van der Waals surface area (Å²) in [5.41, 5.74) is -0.786. The highest BCUT2D eigenvalue weighted by Crippen LogP contribution is 2.57. The summed E-state index contributed by atoms with van der Waals surface area (Å²) in [6.45, 7) is 4.57. The normalized spacial score (nSPS) is 24.5. The van der Waals surface area contributed by atoms with E-state index in [1.807, 2.05) is 6.92 Å². The molecule has 0 saturated carbocycles. The lowest BCUT2D eigenvalue weighted by molar-refractivity contribution is -0.156. The van der Waals surface area contributed by atoms with Gasteiger partial charge in [-0.2, -0.15) is 0 Å². The lowest BCUT2D eigenvalue weighted by Gasteiger charge is -2.39. The van der Waals surface area contributed by atoms with E-state index in [2.05, 4.69) is 10.1 Å². The molecule has 1 aliphatic rings. The lowest BCUT2D eigenvalue weighted by atomic mass is 9.87. The van der Waals surface area contributed by atoms with Crippen molar-refractivity contribution in [1.82, 2.24) is 5.32 Å². The summed E-state index contributed by atoms with van der Waals surface area (Å²) < 4.78 is 37.1. The number of rotatable bonds is 9. The monoisotopic (exact) mass is 395 g/mol. The highest BCUT2D eigenvalue weighted by atomic mass is 31.2. The summed E-state index contributed by atoms with van der Waals surface area (Å²) in [5.74, 6) is -1.54. The van der Waals surface area contributed by atoms with Crippen molar-refractivity contribution >= 4 is 25.7 Å². The molecule has 1 heterocycles. The van der Waals surface area contributed by atoms with Crippen LogP contribution in [0.4, 0.5) is 0 Å². The Balaban J connectivity index is 2.60. The standard InChI is InChI=1S/C15H26NO9P/c1-5-6-12(18)22-10-24-26(20)23-9-15(2,3)13(25-26)14(19)16-8-7-11(17)21-4/h13H,5-10H2,1-4H3,(H,16,19)/t13-,26?/m0/s1. The van der Waals surface area contributed by atoms with Crippen LogP contribution in [0.3, 0.4) is 0 Å². The van der Waals surface area contributed by atoms with Gasteiger partial charge < -0.3 is 14.8 Å². The molecular formula is C15H26NO9P. The fourth-order valence-electron chi connectivity index (χ4n) is 2.01. The second-order valence-electron chi connectivity index (χ2n) is 6.33. The molecule has 1 N–H and O–H groups in total. The average molecular weight is 395 g/mol. The average Bonchev–Trinajstić information content (AvgIpc) is 2.57. The molecule has 0 bridgehead atoms. The topological polar surface area (TPSA) is 126 Å². The molecule has 11 heteroatoms. The van der Waals surface area contributed by atoms with Crippen LogP contribution in [0.15, 0.2) is 0 Å². The van der Waals surface area contributed by atoms with Crippen molar-refractivity contribution in [2.45, 2.75) is 46.1 Å². The van der Waals surface area contributed by atoms with E-state index in [1.54, 1.807) is 13.8 Å². The third-order valence-corrected chi connectivity index (χ3v) is 4.85. The van der Waals surface area contributed by atoms with E-state index in [0.717, 1.165) is 0 Å². The number of amides is 1. The molecule has 1 rings (SSSR count). The van der Waals surface area contributed by atoms with Crippen molar-refractivity contribution in [2.75, 3.05) is 27.1 Å². The van der Waals surface area contributed by atoms with Gasteiger partial charge in [0.1, 0.15) is 0 Å². The van der Waals surface area contributed by atoms with Crippen LogP contribution in [0.2, 0.25) is 0 Å². The molecule has 10 nitrogen and oxygen atoms in total. The van der Waals surface area contributed by atoms with E-state index in [4.69, 9.17) is 18.3 Å². The summed E-state index contributed by atoms with van der Waals surface area (Å²) in [6, 6.07) is 0. The molecule has 0 aromatic carbocycles. The third-order valence-electron chi connectivity index (χ3n) is 3.52. The highest BCUT2D eigenvalue weighted by molar-refractivity contribution is 7.48. The minimum absolute atomic E-state index is 0.00652. The fraction of sp³-hybridized carbons (Fsp3) is 0.800. The Bertz CT molecular complexity index is 563. The minimum atomic E-state index is -4.07. The zero-order valence-electron chi connectivity index (χ0n) is 15.4. The number of carbonyl (C=O) groups is 3. The molecule has 1 fully saturated rings. The maximum atomic E-state index is 12.5. The molecule has 1 aliphatic heterocycles. The molecule has 0 aromatic rings. The lowest BCUT2D eigenvalue weighted by Crippen LogP contribution is -2.50. The summed E-state index contributed by atoms with van der Waals surface area (Å²) in [5, 5.41) is 2.52. The van der Waals surface area contributed by atoms with E-state index in [1.165, 1.54) is 7.11 Å². The molecule has 26 heavy (non-hydrogen) atoms. The van der Waals surface area contributed by atoms with Gasteiger partial charge in [0.05, 0.1) is 20.1 Å². The second-order valence-corrected chi connectivity index (χ2v) is 7.95. The number of ether oxygens (including phenoxy) is 2. The number of phosphoric acid groups is 1. The van der Waals surface area contributed by atoms with Crippen LogP contribution in [0.1, 0.15) is 40.0 Å². The quantitative estimate of drug-likeness (QED) is 0.351. The minimum Gasteiger partial charge on any atom is -0.469 e. The predicted molar refractivity (Wildman–Crippen MR) is 88.8 cm³/mol. The predicted octanol–water partition coefficient (Wildman–Crippen LogP) is 1.53. The number of hydrogen-bond acceptors (Lipinski definition) is 9. The van der Waals surface area contributed by atoms with Crippen LogP contribution in [-0.2, 0) is 42.0 Å². The van der Waals surface area contributed by atoms with Gasteiger partial charge >= 0.3 is 19.8 Å². The Hall–Kier alpha value is -1.48. The zero-order chi connectivity index (χ0) is 19.8. The van der Waals surface area contributed by atoms with Crippen molar-refractivity contribution in [3.8, 4) is 0 Å². The first kappa shape index (κ1) is 22.6. The van der Waals surface area contributed by atoms with E-state index in [0.29, 0.717) is 6.42 Å². The Morgan fingerprint density at radius 2 is 1.92 bits per heavy atom. The number of phosphoric ester groups is 1. The largest absolute Gasteiger partial charge is 0.478 e. The van der Waals surface area contributed by atoms with Crippen LogP contribution in [0.25, 0.3) is 0 Å². The summed E-state index contributed by atoms with van der Waals surface area (Å²) in [6.07, 6.45) is -0.335. The smallest absolute Gasteiger partial charge is 0.469 e. The van der Waals surface area contributed by atoms with E-state index in [9.17, 15) is 18.9 Å². The first-order chi connectivity index (χ1) is 12.1. The van der Waals surface area contributed by atoms with Gasteiger partial charge in [-0.1, -0.05) is 20.8 Å². The Kier molecular flexibility index (Phi) is 8.69. The van der Waals surface area contributed by atoms with Gasteiger partial charge in [-0.25, -0.2) is 9.09 Å². The molecule has 1 unspecified atom stereocenters. The number of hydrogen-bond donors (Lipinski definition) is 1. The third kappa shape index (κ3) is 7.03. The summed E-state index contributed by atoms with van der Waals surface area (Å²) in [7, 11) is -2.82. The van der Waals surface area contributed by atoms with Crippen LogP contribution >= 0.6 is 7.82 Å². The maximum Gasteiger partial charge on any atom is 0.478 e. The first-order valence-electron chi connectivity index (χ1n) is 8.21. The fourth-order valence-corrected chi connectivity index (χ4v) is 3.52. The van der Waals surface area contributed by atoms with Crippen molar-refractivity contribution in [3.63, 3.8) is 0 Å². The molecule has 2 atom stereocenters. The summed E-state index contributed by atoms with van der Waals surface area (Å²) in [4.78, 5) is 34.7. The first-order valence-corrected chi connectivity index (χ1v) is 9.67. The SMILES string of the molecule is CCCC(=O)OCOP1(=O)OCC(C)(C)[C@H](C(=O)NCCC(=O)OC)O1. The molecule has 0 spiro atoms. The number of esters is 2. The van der Waals surface area contributed by atoms with Gasteiger partial charge in [0.15, 0.2) is 6.10 Å². The van der Waals surface area contributed by atoms with Gasteiger partial charge in [-0.3, -0.25) is 23.4 Å². The Morgan fingerprint density at radius 1 is 1.23 bits per heavy atom. The van der Waals surface area contributed by atoms with Crippen molar-refractivity contribution in [3.05, 3.63) is 0 Å². The van der Waals surface area contributed by atoms with Gasteiger partial charge in [0.2, 0.25) is 12.7 Å². The number of carbonyl (C=O) groups excluding carboxylic acids is 3. The van der Waals surface area contributed by atoms with Gasteiger partial charge in [0, 0.05) is 18.4 Å². The highest BCUT2D eigenvalue weighted by Gasteiger charge is 2.49. The number of methoxy groups -OCH3 is 1. The molecule has 150 valence electrons. The second kappa shape index (κ2) is 10.0. The van der Waals surface area contributed by atoms with Crippen LogP contribution in [0, 0.1) is 5.41 Å². The molecule has 0 aromatic heterocycles. The molecular weight excluding hydrogens is 369 g/mol. The van der Waals surface area contributed by atoms with Gasteiger partial charge in [-0.05, 0) is 6.42 Å². The molecule has 0 aliphatic carbocycles. The van der Waals surface area contributed by atoms with Crippen molar-refractivity contribution in [2.24, 2.45) is 5.41 Å². The zero-order valence-corrected chi connectivity index (χ0v) is 16.3. The summed E-state index contributed by atoms with van der Waals surface area (Å²) >= 11 is 0.